The molecule has 0 amide bonds. The molecule has 0 fully saturated rings. The van der Waals surface area contributed by atoms with E-state index in [9.17, 15) is 14.4 Å². The van der Waals surface area contributed by atoms with Crippen LogP contribution in [0.5, 0.6) is 0 Å². The van der Waals surface area contributed by atoms with Crippen molar-refractivity contribution in [1.82, 2.24) is 0 Å². The van der Waals surface area contributed by atoms with Gasteiger partial charge in [0, 0.05) is 19.3 Å². The van der Waals surface area contributed by atoms with Crippen LogP contribution in [0.15, 0.2) is 182 Å². The molecule has 0 saturated heterocycles. The van der Waals surface area contributed by atoms with Crippen LogP contribution in [0.1, 0.15) is 239 Å². The molecule has 0 N–H and O–H groups in total. The molecular weight excluding hydrogens is 973 g/mol. The zero-order valence-corrected chi connectivity index (χ0v) is 50.3. The first-order valence-corrected chi connectivity index (χ1v) is 31.3. The van der Waals surface area contributed by atoms with Crippen molar-refractivity contribution in [3.8, 4) is 0 Å². The number of unbranched alkanes of at least 4 members (excludes halogenated alkanes) is 13. The van der Waals surface area contributed by atoms with E-state index < -0.39 is 6.10 Å². The van der Waals surface area contributed by atoms with E-state index in [-0.39, 0.29) is 37.5 Å². The minimum Gasteiger partial charge on any atom is -0.462 e. The predicted molar refractivity (Wildman–Crippen MR) is 343 cm³/mol. The molecular formula is C73H112O6. The fourth-order valence-electron chi connectivity index (χ4n) is 7.80. The Morgan fingerprint density at radius 2 is 0.506 bits per heavy atom. The number of hydrogen-bond acceptors (Lipinski definition) is 6. The normalized spacial score (nSPS) is 13.4. The van der Waals surface area contributed by atoms with Crippen LogP contribution in [0.4, 0.5) is 0 Å². The molecule has 6 heteroatoms. The van der Waals surface area contributed by atoms with Crippen LogP contribution in [0.25, 0.3) is 0 Å². The number of allylic oxidation sites excluding steroid dienone is 30. The Morgan fingerprint density at radius 3 is 0.810 bits per heavy atom. The number of hydrogen-bond donors (Lipinski definition) is 0. The van der Waals surface area contributed by atoms with Gasteiger partial charge >= 0.3 is 17.9 Å². The molecule has 0 aliphatic rings. The third kappa shape index (κ3) is 63.2. The van der Waals surface area contributed by atoms with Gasteiger partial charge in [-0.3, -0.25) is 14.4 Å². The number of carbonyl (C=O) groups excluding carboxylic acids is 3. The molecule has 0 aromatic heterocycles. The number of carbonyl (C=O) groups is 3. The van der Waals surface area contributed by atoms with E-state index in [1.165, 1.54) is 38.5 Å². The second kappa shape index (κ2) is 65.0. The summed E-state index contributed by atoms with van der Waals surface area (Å²) in [4.78, 5) is 38.1. The average molecular weight is 1090 g/mol. The van der Waals surface area contributed by atoms with Crippen LogP contribution < -0.4 is 0 Å². The molecule has 0 aromatic rings. The summed E-state index contributed by atoms with van der Waals surface area (Å²) in [5.41, 5.74) is 0. The van der Waals surface area contributed by atoms with Crippen molar-refractivity contribution in [1.29, 1.82) is 0 Å². The number of ether oxygens (including phenoxy) is 3. The first-order chi connectivity index (χ1) is 39.0. The molecule has 0 aromatic carbocycles. The summed E-state index contributed by atoms with van der Waals surface area (Å²) in [6.07, 6.45) is 97.7. The van der Waals surface area contributed by atoms with Crippen molar-refractivity contribution < 1.29 is 28.6 Å². The molecule has 0 spiro atoms. The molecule has 0 heterocycles. The largest absolute Gasteiger partial charge is 0.462 e. The SMILES string of the molecule is CC/C=C\C/C=C\C/C=C\C/C=C\C/C=C\C/C=C\C/C=C\C/C=C\C/C=C\C/C=C\CCCCCCC(=O)OCC(COC(=O)CCCCCCCCCCC)OC(=O)CCC/C=C\C/C=C\C/C=C\C/C=C\C/C=C\CC. The molecule has 0 bridgehead atoms. The molecule has 0 aliphatic heterocycles. The molecule has 0 saturated carbocycles. The Morgan fingerprint density at radius 1 is 0.266 bits per heavy atom. The Kier molecular flexibility index (Phi) is 60.5. The van der Waals surface area contributed by atoms with E-state index in [1.54, 1.807) is 0 Å². The summed E-state index contributed by atoms with van der Waals surface area (Å²) in [7, 11) is 0. The lowest BCUT2D eigenvalue weighted by atomic mass is 10.1. The van der Waals surface area contributed by atoms with Crippen molar-refractivity contribution in [3.05, 3.63) is 182 Å². The van der Waals surface area contributed by atoms with Crippen LogP contribution in [0.3, 0.4) is 0 Å². The van der Waals surface area contributed by atoms with Crippen LogP contribution in [-0.2, 0) is 28.6 Å². The molecule has 0 radical (unpaired) electrons. The lowest BCUT2D eigenvalue weighted by Gasteiger charge is -2.18. The summed E-state index contributed by atoms with van der Waals surface area (Å²) >= 11 is 0. The highest BCUT2D eigenvalue weighted by Gasteiger charge is 2.19. The highest BCUT2D eigenvalue weighted by molar-refractivity contribution is 5.71. The summed E-state index contributed by atoms with van der Waals surface area (Å²) in [5.74, 6) is -1.01. The lowest BCUT2D eigenvalue weighted by molar-refractivity contribution is -0.167. The highest BCUT2D eigenvalue weighted by Crippen LogP contribution is 2.13. The maximum absolute atomic E-state index is 12.8. The molecule has 6 nitrogen and oxygen atoms in total. The maximum atomic E-state index is 12.8. The van der Waals surface area contributed by atoms with Crippen LogP contribution in [0.2, 0.25) is 0 Å². The van der Waals surface area contributed by atoms with Gasteiger partial charge in [-0.25, -0.2) is 0 Å². The standard InChI is InChI=1S/C73H112O6/c1-4-7-10-13-16-19-21-23-25-27-28-29-30-31-32-33-34-35-36-37-38-39-40-41-42-43-44-46-47-49-51-54-57-60-63-66-72(75)78-69-70(68-77-71(74)65-62-59-56-53-18-15-12-9-6-3)79-73(76)67-64-61-58-55-52-50-48-45-26-24-22-20-17-14-11-8-5-2/h7-8,10-11,16-17,19-20,23-26,28-29,31-32,34-35,37-38,40-41,43-44,47-50,55,58,70H,4-6,9,12-15,18,21-22,27,30,33,36,39,42,45-46,51-54,56-57,59-69H2,1-3H3/b10-7-,11-8-,19-16-,20-17-,25-23-,26-24-,29-28-,32-31-,35-34-,38-37-,41-40-,44-43-,49-47-,50-48-,58-55-. The van der Waals surface area contributed by atoms with Gasteiger partial charge in [0.2, 0.25) is 0 Å². The van der Waals surface area contributed by atoms with E-state index in [2.05, 4.69) is 203 Å². The Bertz CT molecular complexity index is 1870. The van der Waals surface area contributed by atoms with Gasteiger partial charge in [0.15, 0.2) is 6.10 Å². The molecule has 0 aliphatic carbocycles. The number of esters is 3. The fraction of sp³-hybridized carbons (Fsp3) is 0.548. The topological polar surface area (TPSA) is 78.9 Å². The van der Waals surface area contributed by atoms with Crippen LogP contribution in [-0.4, -0.2) is 37.2 Å². The summed E-state index contributed by atoms with van der Waals surface area (Å²) in [6, 6.07) is 0. The zero-order chi connectivity index (χ0) is 57.1. The van der Waals surface area contributed by atoms with Gasteiger partial charge in [0.25, 0.3) is 0 Å². The van der Waals surface area contributed by atoms with E-state index in [0.29, 0.717) is 19.3 Å². The minimum absolute atomic E-state index is 0.116. The lowest BCUT2D eigenvalue weighted by Crippen LogP contribution is -2.30. The Hall–Kier alpha value is -5.49. The van der Waals surface area contributed by atoms with E-state index in [0.717, 1.165) is 154 Å². The summed E-state index contributed by atoms with van der Waals surface area (Å²) in [6.45, 7) is 6.30. The van der Waals surface area contributed by atoms with Gasteiger partial charge in [-0.15, -0.1) is 0 Å². The second-order valence-electron chi connectivity index (χ2n) is 19.9. The second-order valence-corrected chi connectivity index (χ2v) is 19.9. The third-order valence-corrected chi connectivity index (χ3v) is 12.4. The van der Waals surface area contributed by atoms with Gasteiger partial charge in [0.05, 0.1) is 0 Å². The van der Waals surface area contributed by atoms with Gasteiger partial charge in [0.1, 0.15) is 13.2 Å². The van der Waals surface area contributed by atoms with Crippen molar-refractivity contribution in [3.63, 3.8) is 0 Å². The quantitative estimate of drug-likeness (QED) is 0.0261. The molecule has 79 heavy (non-hydrogen) atoms. The van der Waals surface area contributed by atoms with Crippen LogP contribution >= 0.6 is 0 Å². The average Bonchev–Trinajstić information content (AvgIpc) is 3.45. The van der Waals surface area contributed by atoms with Crippen molar-refractivity contribution in [2.24, 2.45) is 0 Å². The number of rotatable bonds is 54. The van der Waals surface area contributed by atoms with Crippen LogP contribution in [0, 0.1) is 0 Å². The zero-order valence-electron chi connectivity index (χ0n) is 50.3. The minimum atomic E-state index is -0.826. The van der Waals surface area contributed by atoms with E-state index in [1.807, 2.05) is 0 Å². The van der Waals surface area contributed by atoms with Crippen molar-refractivity contribution in [2.45, 2.75) is 245 Å². The van der Waals surface area contributed by atoms with Crippen molar-refractivity contribution >= 4 is 17.9 Å². The first kappa shape index (κ1) is 73.5. The molecule has 440 valence electrons. The highest BCUT2D eigenvalue weighted by atomic mass is 16.6. The Labute approximate surface area is 484 Å². The van der Waals surface area contributed by atoms with Gasteiger partial charge in [-0.2, -0.15) is 0 Å². The van der Waals surface area contributed by atoms with Gasteiger partial charge in [-0.05, 0) is 135 Å². The summed E-state index contributed by atoms with van der Waals surface area (Å²) in [5, 5.41) is 0. The van der Waals surface area contributed by atoms with E-state index >= 15 is 0 Å². The molecule has 1 unspecified atom stereocenters. The predicted octanol–water partition coefficient (Wildman–Crippen LogP) is 21.7. The monoisotopic (exact) mass is 1080 g/mol. The van der Waals surface area contributed by atoms with Gasteiger partial charge < -0.3 is 14.2 Å². The fourth-order valence-corrected chi connectivity index (χ4v) is 7.80. The molecule has 0 rings (SSSR count). The third-order valence-electron chi connectivity index (χ3n) is 12.4. The van der Waals surface area contributed by atoms with Crippen molar-refractivity contribution in [2.75, 3.05) is 13.2 Å². The first-order valence-electron chi connectivity index (χ1n) is 31.3. The van der Waals surface area contributed by atoms with E-state index in [4.69, 9.17) is 14.2 Å². The molecule has 1 atom stereocenters. The maximum Gasteiger partial charge on any atom is 0.306 e. The smallest absolute Gasteiger partial charge is 0.306 e. The Balaban J connectivity index is 4.33. The summed E-state index contributed by atoms with van der Waals surface area (Å²) < 4.78 is 16.8. The van der Waals surface area contributed by atoms with Gasteiger partial charge in [-0.1, -0.05) is 267 Å².